The number of ether oxygens (including phenoxy) is 4. The number of hydrogen-bond acceptors (Lipinski definition) is 6. The third-order valence-corrected chi connectivity index (χ3v) is 4.56. The van der Waals surface area contributed by atoms with Gasteiger partial charge in [0.1, 0.15) is 12.2 Å². The van der Waals surface area contributed by atoms with E-state index in [0.717, 1.165) is 52.1 Å². The average molecular weight is 298 g/mol. The van der Waals surface area contributed by atoms with Crippen molar-refractivity contribution in [3.8, 4) is 0 Å². The lowest BCUT2D eigenvalue weighted by Crippen LogP contribution is -2.33. The van der Waals surface area contributed by atoms with Crippen LogP contribution in [0.5, 0.6) is 0 Å². The van der Waals surface area contributed by atoms with Crippen molar-refractivity contribution in [3.05, 3.63) is 0 Å². The van der Waals surface area contributed by atoms with E-state index in [1.807, 2.05) is 6.92 Å². The molecule has 3 heterocycles. The van der Waals surface area contributed by atoms with Crippen molar-refractivity contribution < 1.29 is 28.5 Å². The monoisotopic (exact) mass is 298 g/mol. The highest BCUT2D eigenvalue weighted by Gasteiger charge is 2.54. The van der Waals surface area contributed by atoms with Crippen LogP contribution in [-0.4, -0.2) is 50.6 Å². The van der Waals surface area contributed by atoms with Gasteiger partial charge in [-0.25, -0.2) is 0 Å². The number of cyclic esters (lactones) is 2. The summed E-state index contributed by atoms with van der Waals surface area (Å²) in [5, 5.41) is 0. The van der Waals surface area contributed by atoms with Crippen molar-refractivity contribution in [3.63, 3.8) is 0 Å². The van der Waals surface area contributed by atoms with Crippen LogP contribution in [0.2, 0.25) is 0 Å². The lowest BCUT2D eigenvalue weighted by atomic mass is 9.69. The number of fused-ring (bicyclic) bond motifs is 1. The van der Waals surface area contributed by atoms with Gasteiger partial charge in [-0.3, -0.25) is 9.59 Å². The Balaban J connectivity index is 0.000000131. The molecule has 4 unspecified atom stereocenters. The molecule has 4 rings (SSSR count). The average Bonchev–Trinajstić information content (AvgIpc) is 3.34. The SMILES string of the molecule is C(OCC1CO1)C1CO1.CC12CCCCC1C(=O)OC2=O. The summed E-state index contributed by atoms with van der Waals surface area (Å²) < 4.78 is 19.8. The zero-order valence-electron chi connectivity index (χ0n) is 12.3. The summed E-state index contributed by atoms with van der Waals surface area (Å²) >= 11 is 0. The molecule has 3 saturated heterocycles. The lowest BCUT2D eigenvalue weighted by Gasteiger charge is -2.29. The topological polar surface area (TPSA) is 77.7 Å². The molecule has 21 heavy (non-hydrogen) atoms. The summed E-state index contributed by atoms with van der Waals surface area (Å²) in [6.45, 7) is 5.11. The van der Waals surface area contributed by atoms with Crippen LogP contribution in [0.1, 0.15) is 32.6 Å². The summed E-state index contributed by atoms with van der Waals surface area (Å²) in [5.41, 5.74) is -0.491. The molecule has 0 aromatic rings. The molecule has 4 aliphatic rings. The quantitative estimate of drug-likeness (QED) is 0.439. The Hall–Kier alpha value is -0.980. The summed E-state index contributed by atoms with van der Waals surface area (Å²) in [6, 6.07) is 0. The van der Waals surface area contributed by atoms with Crippen molar-refractivity contribution in [1.29, 1.82) is 0 Å². The van der Waals surface area contributed by atoms with E-state index in [4.69, 9.17) is 14.2 Å². The highest BCUT2D eigenvalue weighted by molar-refractivity contribution is 5.99. The zero-order chi connectivity index (χ0) is 14.9. The van der Waals surface area contributed by atoms with Crippen LogP contribution in [0.3, 0.4) is 0 Å². The maximum absolute atomic E-state index is 11.3. The molecule has 0 radical (unpaired) electrons. The molecule has 1 aliphatic carbocycles. The smallest absolute Gasteiger partial charge is 0.320 e. The fraction of sp³-hybridized carbons (Fsp3) is 0.867. The zero-order valence-corrected chi connectivity index (χ0v) is 12.3. The lowest BCUT2D eigenvalue weighted by molar-refractivity contribution is -0.155. The van der Waals surface area contributed by atoms with Gasteiger partial charge >= 0.3 is 11.9 Å². The van der Waals surface area contributed by atoms with Crippen molar-refractivity contribution >= 4 is 11.9 Å². The first kappa shape index (κ1) is 14.9. The summed E-state index contributed by atoms with van der Waals surface area (Å²) in [7, 11) is 0. The summed E-state index contributed by atoms with van der Waals surface area (Å²) in [6.07, 6.45) is 4.49. The highest BCUT2D eigenvalue weighted by Crippen LogP contribution is 2.46. The third kappa shape index (κ3) is 3.62. The van der Waals surface area contributed by atoms with Gasteiger partial charge in [0, 0.05) is 0 Å². The number of rotatable bonds is 4. The van der Waals surface area contributed by atoms with Crippen molar-refractivity contribution in [2.45, 2.75) is 44.8 Å². The van der Waals surface area contributed by atoms with Gasteiger partial charge < -0.3 is 18.9 Å². The Morgan fingerprint density at radius 2 is 1.76 bits per heavy atom. The van der Waals surface area contributed by atoms with Crippen LogP contribution in [0.25, 0.3) is 0 Å². The van der Waals surface area contributed by atoms with Crippen LogP contribution >= 0.6 is 0 Å². The molecule has 0 N–H and O–H groups in total. The molecule has 0 aromatic heterocycles. The second-order valence-electron chi connectivity index (χ2n) is 6.37. The second-order valence-corrected chi connectivity index (χ2v) is 6.37. The molecule has 0 bridgehead atoms. The summed E-state index contributed by atoms with van der Waals surface area (Å²) in [4.78, 5) is 22.5. The van der Waals surface area contributed by atoms with Gasteiger partial charge in [-0.15, -0.1) is 0 Å². The molecule has 6 nitrogen and oxygen atoms in total. The molecule has 0 spiro atoms. The van der Waals surface area contributed by atoms with E-state index in [1.54, 1.807) is 0 Å². The standard InChI is InChI=1S/C9H12O3.C6H10O3/c1-9-5-3-2-4-6(9)7(10)12-8(9)11;1(5-3-8-5)7-2-6-4-9-6/h6H,2-5H2,1H3;5-6H,1-4H2. The minimum absolute atomic E-state index is 0.154. The van der Waals surface area contributed by atoms with Crippen LogP contribution in [0.4, 0.5) is 0 Å². The first-order valence-corrected chi connectivity index (χ1v) is 7.66. The molecule has 3 aliphatic heterocycles. The minimum atomic E-state index is -0.491. The molecule has 0 aromatic carbocycles. The first-order chi connectivity index (χ1) is 10.1. The second kappa shape index (κ2) is 6.02. The van der Waals surface area contributed by atoms with Gasteiger partial charge in [0.2, 0.25) is 0 Å². The molecule has 4 atom stereocenters. The number of epoxide rings is 2. The molecule has 4 fully saturated rings. The van der Waals surface area contributed by atoms with Crippen molar-refractivity contribution in [2.24, 2.45) is 11.3 Å². The number of esters is 2. The van der Waals surface area contributed by atoms with Gasteiger partial charge in [0.15, 0.2) is 0 Å². The number of carbonyl (C=O) groups is 2. The molecule has 6 heteroatoms. The fourth-order valence-corrected chi connectivity index (χ4v) is 2.89. The first-order valence-electron chi connectivity index (χ1n) is 7.66. The van der Waals surface area contributed by atoms with Gasteiger partial charge in [-0.2, -0.15) is 0 Å². The maximum atomic E-state index is 11.3. The van der Waals surface area contributed by atoms with Gasteiger partial charge in [-0.1, -0.05) is 12.8 Å². The molecule has 1 saturated carbocycles. The molecular weight excluding hydrogens is 276 g/mol. The van der Waals surface area contributed by atoms with Crippen molar-refractivity contribution in [2.75, 3.05) is 26.4 Å². The van der Waals surface area contributed by atoms with E-state index in [9.17, 15) is 9.59 Å². The fourth-order valence-electron chi connectivity index (χ4n) is 2.89. The van der Waals surface area contributed by atoms with E-state index < -0.39 is 5.41 Å². The Labute approximate surface area is 124 Å². The largest absolute Gasteiger partial charge is 0.392 e. The van der Waals surface area contributed by atoms with Gasteiger partial charge in [0.25, 0.3) is 0 Å². The number of hydrogen-bond donors (Lipinski definition) is 0. The van der Waals surface area contributed by atoms with Crippen LogP contribution in [0.15, 0.2) is 0 Å². The molecule has 118 valence electrons. The van der Waals surface area contributed by atoms with E-state index >= 15 is 0 Å². The van der Waals surface area contributed by atoms with Crippen LogP contribution in [0, 0.1) is 11.3 Å². The predicted molar refractivity (Wildman–Crippen MR) is 71.5 cm³/mol. The predicted octanol–water partition coefficient (Wildman–Crippen LogP) is 1.07. The van der Waals surface area contributed by atoms with Gasteiger partial charge in [-0.05, 0) is 19.8 Å². The highest BCUT2D eigenvalue weighted by atomic mass is 16.6. The Morgan fingerprint density at radius 3 is 2.29 bits per heavy atom. The van der Waals surface area contributed by atoms with Crippen molar-refractivity contribution in [1.82, 2.24) is 0 Å². The van der Waals surface area contributed by atoms with Gasteiger partial charge in [0.05, 0.1) is 37.8 Å². The summed E-state index contributed by atoms with van der Waals surface area (Å²) in [5.74, 6) is -0.766. The Bertz CT molecular complexity index is 402. The third-order valence-electron chi connectivity index (χ3n) is 4.56. The Morgan fingerprint density at radius 1 is 1.14 bits per heavy atom. The van der Waals surface area contributed by atoms with Crippen LogP contribution in [-0.2, 0) is 28.5 Å². The van der Waals surface area contributed by atoms with E-state index in [0.29, 0.717) is 12.2 Å². The Kier molecular flexibility index (Phi) is 4.28. The maximum Gasteiger partial charge on any atom is 0.320 e. The molecule has 0 amide bonds. The van der Waals surface area contributed by atoms with E-state index in [1.165, 1.54) is 0 Å². The normalized spacial score (nSPS) is 40.0. The van der Waals surface area contributed by atoms with E-state index in [-0.39, 0.29) is 17.9 Å². The number of carbonyl (C=O) groups excluding carboxylic acids is 2. The van der Waals surface area contributed by atoms with Crippen LogP contribution < -0.4 is 0 Å². The molecular formula is C15H22O6. The van der Waals surface area contributed by atoms with E-state index in [2.05, 4.69) is 4.74 Å². The minimum Gasteiger partial charge on any atom is -0.392 e.